The summed E-state index contributed by atoms with van der Waals surface area (Å²) >= 11 is 0. The Morgan fingerprint density at radius 1 is 1.33 bits per heavy atom. The number of hydrogen-bond acceptors (Lipinski definition) is 5. The maximum absolute atomic E-state index is 13.5. The van der Waals surface area contributed by atoms with E-state index in [0.29, 0.717) is 17.2 Å². The number of aromatic nitrogens is 4. The van der Waals surface area contributed by atoms with Crippen LogP contribution >= 0.6 is 0 Å². The van der Waals surface area contributed by atoms with Crippen molar-refractivity contribution in [2.75, 3.05) is 0 Å². The minimum absolute atomic E-state index is 0.0564. The van der Waals surface area contributed by atoms with Crippen LogP contribution in [0.15, 0.2) is 59.5 Å². The third-order valence-corrected chi connectivity index (χ3v) is 4.16. The summed E-state index contributed by atoms with van der Waals surface area (Å²) in [6.45, 7) is 1.81. The lowest BCUT2D eigenvalue weighted by atomic mass is 10.2. The van der Waals surface area contributed by atoms with Crippen LogP contribution < -0.4 is 5.32 Å². The minimum atomic E-state index is -0.464. The number of hydrogen-bond donors (Lipinski definition) is 1. The van der Waals surface area contributed by atoms with Crippen molar-refractivity contribution in [2.24, 2.45) is 0 Å². The Morgan fingerprint density at radius 3 is 3.04 bits per heavy atom. The third-order valence-electron chi connectivity index (χ3n) is 4.16. The van der Waals surface area contributed by atoms with Crippen LogP contribution in [0, 0.1) is 5.82 Å². The Labute approximate surface area is 153 Å². The fraction of sp³-hybridized carbons (Fsp3) is 0.158. The van der Waals surface area contributed by atoms with Gasteiger partial charge in [-0.2, -0.15) is 4.98 Å². The van der Waals surface area contributed by atoms with E-state index in [1.54, 1.807) is 42.2 Å². The van der Waals surface area contributed by atoms with Crippen LogP contribution in [0.1, 0.15) is 18.9 Å². The topological polar surface area (TPSA) is 85.8 Å². The number of benzene rings is 1. The van der Waals surface area contributed by atoms with E-state index in [4.69, 9.17) is 4.52 Å². The van der Waals surface area contributed by atoms with Crippen LogP contribution in [-0.2, 0) is 11.3 Å². The molecule has 3 aromatic heterocycles. The molecule has 0 fully saturated rings. The molecule has 136 valence electrons. The van der Waals surface area contributed by atoms with E-state index in [0.717, 1.165) is 10.9 Å². The predicted octanol–water partition coefficient (Wildman–Crippen LogP) is 3.10. The largest absolute Gasteiger partial charge is 0.343 e. The molecule has 0 aliphatic carbocycles. The molecule has 0 spiro atoms. The minimum Gasteiger partial charge on any atom is -0.343 e. The number of nitrogens with zero attached hydrogens (tertiary/aromatic N) is 4. The molecule has 8 heteroatoms. The lowest BCUT2D eigenvalue weighted by molar-refractivity contribution is -0.122. The number of carbonyl (C=O) groups is 1. The van der Waals surface area contributed by atoms with E-state index in [1.165, 1.54) is 12.1 Å². The summed E-state index contributed by atoms with van der Waals surface area (Å²) in [5.74, 6) is 0.118. The summed E-state index contributed by atoms with van der Waals surface area (Å²) in [4.78, 5) is 20.7. The van der Waals surface area contributed by atoms with Crippen molar-refractivity contribution in [1.29, 1.82) is 0 Å². The molecule has 1 amide bonds. The molecule has 4 aromatic rings. The van der Waals surface area contributed by atoms with Crippen molar-refractivity contribution in [3.05, 3.63) is 66.7 Å². The molecule has 0 saturated heterocycles. The summed E-state index contributed by atoms with van der Waals surface area (Å²) in [5, 5.41) is 7.60. The van der Waals surface area contributed by atoms with Crippen LogP contribution in [0.2, 0.25) is 0 Å². The van der Waals surface area contributed by atoms with Gasteiger partial charge in [-0.25, -0.2) is 4.39 Å². The second-order valence-electron chi connectivity index (χ2n) is 6.13. The number of nitrogens with one attached hydrogen (secondary N) is 1. The van der Waals surface area contributed by atoms with E-state index in [1.807, 2.05) is 12.1 Å². The van der Waals surface area contributed by atoms with Gasteiger partial charge in [-0.15, -0.1) is 0 Å². The van der Waals surface area contributed by atoms with Gasteiger partial charge < -0.3 is 14.4 Å². The Morgan fingerprint density at radius 2 is 2.22 bits per heavy atom. The van der Waals surface area contributed by atoms with Gasteiger partial charge in [0.2, 0.25) is 17.6 Å². The summed E-state index contributed by atoms with van der Waals surface area (Å²) in [5.41, 5.74) is 1.39. The fourth-order valence-electron chi connectivity index (χ4n) is 2.82. The van der Waals surface area contributed by atoms with Crippen LogP contribution in [0.3, 0.4) is 0 Å². The first kappa shape index (κ1) is 16.9. The molecule has 1 aromatic carbocycles. The van der Waals surface area contributed by atoms with Gasteiger partial charge in [0.1, 0.15) is 18.4 Å². The number of halogens is 1. The van der Waals surface area contributed by atoms with Gasteiger partial charge in [0.05, 0.1) is 5.52 Å². The lowest BCUT2D eigenvalue weighted by Crippen LogP contribution is -2.30. The van der Waals surface area contributed by atoms with Gasteiger partial charge in [0.15, 0.2) is 0 Å². The molecule has 0 unspecified atom stereocenters. The van der Waals surface area contributed by atoms with Crippen LogP contribution in [0.4, 0.5) is 4.39 Å². The normalized spacial score (nSPS) is 12.2. The molecule has 4 rings (SSSR count). The molecular weight excluding hydrogens is 349 g/mol. The van der Waals surface area contributed by atoms with E-state index in [-0.39, 0.29) is 18.3 Å². The zero-order valence-corrected chi connectivity index (χ0v) is 14.5. The second-order valence-corrected chi connectivity index (χ2v) is 6.13. The fourth-order valence-corrected chi connectivity index (χ4v) is 2.82. The molecule has 0 aliphatic rings. The van der Waals surface area contributed by atoms with Crippen molar-refractivity contribution in [1.82, 2.24) is 25.0 Å². The molecule has 0 bridgehead atoms. The molecule has 0 aliphatic heterocycles. The van der Waals surface area contributed by atoms with E-state index in [2.05, 4.69) is 20.4 Å². The highest BCUT2D eigenvalue weighted by molar-refractivity contribution is 5.83. The van der Waals surface area contributed by atoms with Gasteiger partial charge in [-0.3, -0.25) is 9.78 Å². The van der Waals surface area contributed by atoms with Crippen LogP contribution in [0.25, 0.3) is 22.3 Å². The van der Waals surface area contributed by atoms with Crippen molar-refractivity contribution >= 4 is 16.8 Å². The molecule has 0 saturated carbocycles. The molecule has 1 atom stereocenters. The zero-order valence-electron chi connectivity index (χ0n) is 14.5. The van der Waals surface area contributed by atoms with Crippen molar-refractivity contribution in [2.45, 2.75) is 19.5 Å². The highest BCUT2D eigenvalue weighted by Crippen LogP contribution is 2.19. The summed E-state index contributed by atoms with van der Waals surface area (Å²) < 4.78 is 20.4. The van der Waals surface area contributed by atoms with Crippen molar-refractivity contribution < 1.29 is 13.7 Å². The maximum atomic E-state index is 13.5. The third kappa shape index (κ3) is 3.55. The van der Waals surface area contributed by atoms with Crippen LogP contribution in [0.5, 0.6) is 0 Å². The van der Waals surface area contributed by atoms with Gasteiger partial charge in [-0.1, -0.05) is 5.16 Å². The summed E-state index contributed by atoms with van der Waals surface area (Å²) in [6.07, 6.45) is 5.04. The molecular formula is C19H16FN5O2. The Balaban J connectivity index is 1.45. The average Bonchev–Trinajstić information content (AvgIpc) is 3.30. The standard InChI is InChI=1S/C19H16FN5O2/c1-12(19-23-18(24-27-19)14-3-2-7-21-10-14)22-17(26)11-25-8-6-13-4-5-15(20)9-16(13)25/h2-10,12H,11H2,1H3,(H,22,26)/t12-/m0/s1. The molecule has 3 heterocycles. The van der Waals surface area contributed by atoms with Gasteiger partial charge in [0, 0.05) is 24.2 Å². The van der Waals surface area contributed by atoms with Gasteiger partial charge in [-0.05, 0) is 48.7 Å². The van der Waals surface area contributed by atoms with Gasteiger partial charge >= 0.3 is 0 Å². The number of amides is 1. The van der Waals surface area contributed by atoms with Gasteiger partial charge in [0.25, 0.3) is 0 Å². The maximum Gasteiger partial charge on any atom is 0.249 e. The molecule has 1 N–H and O–H groups in total. The first-order valence-corrected chi connectivity index (χ1v) is 8.38. The molecule has 7 nitrogen and oxygen atoms in total. The first-order valence-electron chi connectivity index (χ1n) is 8.38. The highest BCUT2D eigenvalue weighted by Gasteiger charge is 2.18. The SMILES string of the molecule is C[C@H](NC(=O)Cn1ccc2ccc(F)cc21)c1nc(-c2cccnc2)no1. The Bertz CT molecular complexity index is 1090. The Hall–Kier alpha value is -3.55. The van der Waals surface area contributed by atoms with Crippen molar-refractivity contribution in [3.63, 3.8) is 0 Å². The molecule has 0 radical (unpaired) electrons. The quantitative estimate of drug-likeness (QED) is 0.587. The van der Waals surface area contributed by atoms with Crippen LogP contribution in [-0.4, -0.2) is 25.6 Å². The summed E-state index contributed by atoms with van der Waals surface area (Å²) in [6, 6.07) is 9.45. The zero-order chi connectivity index (χ0) is 18.8. The van der Waals surface area contributed by atoms with E-state index >= 15 is 0 Å². The lowest BCUT2D eigenvalue weighted by Gasteiger charge is -2.11. The molecule has 27 heavy (non-hydrogen) atoms. The first-order chi connectivity index (χ1) is 13.1. The number of rotatable bonds is 5. The highest BCUT2D eigenvalue weighted by atomic mass is 19.1. The smallest absolute Gasteiger partial charge is 0.249 e. The number of carbonyl (C=O) groups excluding carboxylic acids is 1. The predicted molar refractivity (Wildman–Crippen MR) is 96.0 cm³/mol. The Kier molecular flexibility index (Phi) is 4.37. The summed E-state index contributed by atoms with van der Waals surface area (Å²) in [7, 11) is 0. The number of fused-ring (bicyclic) bond motifs is 1. The van der Waals surface area contributed by atoms with Crippen molar-refractivity contribution in [3.8, 4) is 11.4 Å². The monoisotopic (exact) mass is 365 g/mol. The van der Waals surface area contributed by atoms with E-state index in [9.17, 15) is 9.18 Å². The number of pyridine rings is 1. The second kappa shape index (κ2) is 6.99. The van der Waals surface area contributed by atoms with E-state index < -0.39 is 6.04 Å². The average molecular weight is 365 g/mol.